The number of benzene rings is 2. The van der Waals surface area contributed by atoms with Crippen molar-refractivity contribution < 1.29 is 4.74 Å². The zero-order chi connectivity index (χ0) is 11.7. The van der Waals surface area contributed by atoms with Crippen molar-refractivity contribution in [1.82, 2.24) is 4.57 Å². The van der Waals surface area contributed by atoms with E-state index < -0.39 is 0 Å². The monoisotopic (exact) mass is 223 g/mol. The fraction of sp³-hybridized carbons (Fsp3) is 0.0667. The molecule has 0 saturated carbocycles. The molecule has 0 saturated heterocycles. The molecule has 0 unspecified atom stereocenters. The lowest BCUT2D eigenvalue weighted by atomic mass is 10.2. The summed E-state index contributed by atoms with van der Waals surface area (Å²) in [7, 11) is 1.70. The van der Waals surface area contributed by atoms with Gasteiger partial charge in [0, 0.05) is 17.3 Å². The van der Waals surface area contributed by atoms with Crippen molar-refractivity contribution in [3.63, 3.8) is 0 Å². The number of aromatic nitrogens is 1. The molecule has 3 aromatic rings. The second kappa shape index (κ2) is 3.98. The molecule has 1 aromatic heterocycles. The van der Waals surface area contributed by atoms with E-state index in [-0.39, 0.29) is 0 Å². The van der Waals surface area contributed by atoms with Crippen LogP contribution in [0, 0.1) is 0 Å². The van der Waals surface area contributed by atoms with Crippen LogP contribution >= 0.6 is 0 Å². The number of ether oxygens (including phenoxy) is 1. The van der Waals surface area contributed by atoms with Crippen LogP contribution in [0.15, 0.2) is 60.8 Å². The fourth-order valence-electron chi connectivity index (χ4n) is 2.13. The van der Waals surface area contributed by atoms with E-state index in [1.807, 2.05) is 30.3 Å². The fourth-order valence-corrected chi connectivity index (χ4v) is 2.13. The first-order chi connectivity index (χ1) is 8.40. The maximum atomic E-state index is 5.36. The molecule has 0 aliphatic rings. The highest BCUT2D eigenvalue weighted by molar-refractivity contribution is 5.87. The van der Waals surface area contributed by atoms with Crippen LogP contribution in [0.25, 0.3) is 16.6 Å². The maximum absolute atomic E-state index is 5.36. The SMILES string of the molecule is COc1cccc2c1ccn2-c1ccccc1. The maximum Gasteiger partial charge on any atom is 0.128 e. The lowest BCUT2D eigenvalue weighted by Gasteiger charge is -2.06. The van der Waals surface area contributed by atoms with Crippen molar-refractivity contribution in [2.75, 3.05) is 7.11 Å². The van der Waals surface area contributed by atoms with E-state index >= 15 is 0 Å². The highest BCUT2D eigenvalue weighted by Crippen LogP contribution is 2.28. The Morgan fingerprint density at radius 3 is 2.47 bits per heavy atom. The summed E-state index contributed by atoms with van der Waals surface area (Å²) in [4.78, 5) is 0. The zero-order valence-corrected chi connectivity index (χ0v) is 9.63. The van der Waals surface area contributed by atoms with Crippen LogP contribution in [-0.2, 0) is 0 Å². The third-order valence-corrected chi connectivity index (χ3v) is 2.95. The minimum absolute atomic E-state index is 0.914. The number of hydrogen-bond donors (Lipinski definition) is 0. The zero-order valence-electron chi connectivity index (χ0n) is 9.63. The standard InChI is InChI=1S/C15H13NO/c1-17-15-9-5-8-14-13(15)10-11-16(14)12-6-3-2-4-7-12/h2-11H,1H3. The minimum atomic E-state index is 0.914. The average Bonchev–Trinajstić information content (AvgIpc) is 2.83. The first-order valence-electron chi connectivity index (χ1n) is 5.59. The normalized spacial score (nSPS) is 10.6. The summed E-state index contributed by atoms with van der Waals surface area (Å²) in [5.74, 6) is 0.914. The van der Waals surface area contributed by atoms with E-state index in [1.54, 1.807) is 7.11 Å². The van der Waals surface area contributed by atoms with Gasteiger partial charge in [-0.05, 0) is 30.3 Å². The molecular weight excluding hydrogens is 210 g/mol. The van der Waals surface area contributed by atoms with Crippen LogP contribution in [-0.4, -0.2) is 11.7 Å². The van der Waals surface area contributed by atoms with Crippen LogP contribution in [0.4, 0.5) is 0 Å². The average molecular weight is 223 g/mol. The van der Waals surface area contributed by atoms with Gasteiger partial charge in [0.1, 0.15) is 5.75 Å². The smallest absolute Gasteiger partial charge is 0.128 e. The molecule has 0 aliphatic carbocycles. The Hall–Kier alpha value is -2.22. The Morgan fingerprint density at radius 1 is 0.882 bits per heavy atom. The van der Waals surface area contributed by atoms with Crippen LogP contribution in [0.5, 0.6) is 5.75 Å². The number of nitrogens with zero attached hydrogens (tertiary/aromatic N) is 1. The first kappa shape index (κ1) is 9.97. The van der Waals surface area contributed by atoms with Crippen LogP contribution in [0.3, 0.4) is 0 Å². The molecule has 17 heavy (non-hydrogen) atoms. The summed E-state index contributed by atoms with van der Waals surface area (Å²) >= 11 is 0. The second-order valence-corrected chi connectivity index (χ2v) is 3.91. The summed E-state index contributed by atoms with van der Waals surface area (Å²) in [5, 5.41) is 1.14. The van der Waals surface area contributed by atoms with Crippen molar-refractivity contribution >= 4 is 10.9 Å². The van der Waals surface area contributed by atoms with Gasteiger partial charge in [-0.1, -0.05) is 24.3 Å². The highest BCUT2D eigenvalue weighted by atomic mass is 16.5. The minimum Gasteiger partial charge on any atom is -0.496 e. The van der Waals surface area contributed by atoms with E-state index in [1.165, 1.54) is 0 Å². The molecule has 0 bridgehead atoms. The molecule has 0 amide bonds. The Bertz CT molecular complexity index is 640. The number of fused-ring (bicyclic) bond motifs is 1. The largest absolute Gasteiger partial charge is 0.496 e. The van der Waals surface area contributed by atoms with Crippen LogP contribution in [0.1, 0.15) is 0 Å². The Morgan fingerprint density at radius 2 is 1.71 bits per heavy atom. The van der Waals surface area contributed by atoms with Crippen molar-refractivity contribution in [3.05, 3.63) is 60.8 Å². The van der Waals surface area contributed by atoms with Crippen molar-refractivity contribution in [1.29, 1.82) is 0 Å². The van der Waals surface area contributed by atoms with Gasteiger partial charge in [-0.15, -0.1) is 0 Å². The van der Waals surface area contributed by atoms with Crippen molar-refractivity contribution in [2.45, 2.75) is 0 Å². The van der Waals surface area contributed by atoms with Gasteiger partial charge in [-0.3, -0.25) is 0 Å². The quantitative estimate of drug-likeness (QED) is 0.647. The Balaban J connectivity index is 2.26. The predicted octanol–water partition coefficient (Wildman–Crippen LogP) is 3.64. The van der Waals surface area contributed by atoms with Crippen LogP contribution in [0.2, 0.25) is 0 Å². The topological polar surface area (TPSA) is 14.2 Å². The summed E-state index contributed by atoms with van der Waals surface area (Å²) in [6, 6.07) is 18.5. The third-order valence-electron chi connectivity index (χ3n) is 2.95. The number of para-hydroxylation sites is 1. The van der Waals surface area contributed by atoms with E-state index in [4.69, 9.17) is 4.74 Å². The van der Waals surface area contributed by atoms with Gasteiger partial charge in [0.15, 0.2) is 0 Å². The second-order valence-electron chi connectivity index (χ2n) is 3.91. The number of rotatable bonds is 2. The molecule has 2 aromatic carbocycles. The number of methoxy groups -OCH3 is 1. The summed E-state index contributed by atoms with van der Waals surface area (Å²) < 4.78 is 7.53. The molecule has 2 heteroatoms. The molecule has 0 aliphatic heterocycles. The molecule has 0 fully saturated rings. The van der Waals surface area contributed by atoms with Gasteiger partial charge in [0.25, 0.3) is 0 Å². The Kier molecular flexibility index (Phi) is 2.33. The van der Waals surface area contributed by atoms with Gasteiger partial charge in [0.05, 0.1) is 12.6 Å². The van der Waals surface area contributed by atoms with E-state index in [9.17, 15) is 0 Å². The summed E-state index contributed by atoms with van der Waals surface area (Å²) in [6.45, 7) is 0. The van der Waals surface area contributed by atoms with E-state index in [0.29, 0.717) is 0 Å². The van der Waals surface area contributed by atoms with E-state index in [0.717, 1.165) is 22.3 Å². The third kappa shape index (κ3) is 1.58. The lowest BCUT2D eigenvalue weighted by molar-refractivity contribution is 0.420. The van der Waals surface area contributed by atoms with E-state index in [2.05, 4.69) is 35.0 Å². The molecular formula is C15H13NO. The molecule has 84 valence electrons. The molecule has 1 heterocycles. The summed E-state index contributed by atoms with van der Waals surface area (Å²) in [6.07, 6.45) is 2.07. The molecule has 2 nitrogen and oxygen atoms in total. The molecule has 0 radical (unpaired) electrons. The molecule has 3 rings (SSSR count). The first-order valence-corrected chi connectivity index (χ1v) is 5.59. The lowest BCUT2D eigenvalue weighted by Crippen LogP contribution is -1.91. The van der Waals surface area contributed by atoms with Crippen LogP contribution < -0.4 is 4.74 Å². The summed E-state index contributed by atoms with van der Waals surface area (Å²) in [5.41, 5.74) is 2.33. The predicted molar refractivity (Wildman–Crippen MR) is 69.8 cm³/mol. The van der Waals surface area contributed by atoms with Gasteiger partial charge in [0.2, 0.25) is 0 Å². The van der Waals surface area contributed by atoms with Gasteiger partial charge in [-0.2, -0.15) is 0 Å². The van der Waals surface area contributed by atoms with Gasteiger partial charge in [-0.25, -0.2) is 0 Å². The molecule has 0 atom stereocenters. The van der Waals surface area contributed by atoms with Gasteiger partial charge < -0.3 is 9.30 Å². The van der Waals surface area contributed by atoms with Crippen molar-refractivity contribution in [2.24, 2.45) is 0 Å². The van der Waals surface area contributed by atoms with Crippen molar-refractivity contribution in [3.8, 4) is 11.4 Å². The highest BCUT2D eigenvalue weighted by Gasteiger charge is 2.06. The van der Waals surface area contributed by atoms with Gasteiger partial charge >= 0.3 is 0 Å². The number of hydrogen-bond acceptors (Lipinski definition) is 1. The molecule has 0 N–H and O–H groups in total. The molecule has 0 spiro atoms. The Labute approximate surface area is 100 Å².